The van der Waals surface area contributed by atoms with Crippen molar-refractivity contribution in [2.75, 3.05) is 7.05 Å². The van der Waals surface area contributed by atoms with E-state index in [9.17, 15) is 0 Å². The predicted octanol–water partition coefficient (Wildman–Crippen LogP) is 3.83. The number of benzene rings is 1. The third-order valence-corrected chi connectivity index (χ3v) is 5.17. The molecule has 3 heterocycles. The topological polar surface area (TPSA) is 63.9 Å². The van der Waals surface area contributed by atoms with E-state index >= 15 is 0 Å². The molecular formula is C16H11N5S2. The quantitative estimate of drug-likeness (QED) is 0.420. The summed E-state index contributed by atoms with van der Waals surface area (Å²) in [6, 6.07) is 10.2. The highest BCUT2D eigenvalue weighted by Gasteiger charge is 2.11. The summed E-state index contributed by atoms with van der Waals surface area (Å²) in [4.78, 5) is 14.4. The Balaban J connectivity index is 2.01. The van der Waals surface area contributed by atoms with Crippen molar-refractivity contribution in [3.8, 4) is 0 Å². The average Bonchev–Trinajstić information content (AvgIpc) is 3.08. The third kappa shape index (κ3) is 2.69. The summed E-state index contributed by atoms with van der Waals surface area (Å²) in [5.74, 6) is 0. The van der Waals surface area contributed by atoms with E-state index < -0.39 is 0 Å². The van der Waals surface area contributed by atoms with Crippen LogP contribution in [0.4, 0.5) is 0 Å². The van der Waals surface area contributed by atoms with Gasteiger partial charge in [-0.05, 0) is 12.1 Å². The fourth-order valence-corrected chi connectivity index (χ4v) is 4.00. The van der Waals surface area contributed by atoms with E-state index in [2.05, 4.69) is 32.3 Å². The maximum atomic E-state index is 4.73. The highest BCUT2D eigenvalue weighted by atomic mass is 32.2. The standard InChI is InChI=1S/C16H11N5S2/c1-17-8-11-7-13(23-16-21-19-9-22-16)12-5-4-10-3-2-6-18-14(10)15(12)20-11/h2-9H,1H3/b17-8+. The van der Waals surface area contributed by atoms with Crippen LogP contribution in [0.5, 0.6) is 0 Å². The van der Waals surface area contributed by atoms with Crippen molar-refractivity contribution < 1.29 is 0 Å². The summed E-state index contributed by atoms with van der Waals surface area (Å²) in [6.07, 6.45) is 3.55. The lowest BCUT2D eigenvalue weighted by Gasteiger charge is -2.08. The lowest BCUT2D eigenvalue weighted by molar-refractivity contribution is 1.01. The first kappa shape index (κ1) is 14.2. The zero-order chi connectivity index (χ0) is 15.6. The largest absolute Gasteiger partial charge is 0.294 e. The molecule has 0 aliphatic rings. The number of rotatable bonds is 3. The zero-order valence-corrected chi connectivity index (χ0v) is 13.8. The van der Waals surface area contributed by atoms with Crippen LogP contribution in [-0.4, -0.2) is 33.4 Å². The first-order valence-corrected chi connectivity index (χ1v) is 8.59. The number of nitrogens with zero attached hydrogens (tertiary/aromatic N) is 5. The van der Waals surface area contributed by atoms with Crippen LogP contribution in [0.15, 0.2) is 56.3 Å². The Labute approximate surface area is 140 Å². The lowest BCUT2D eigenvalue weighted by atomic mass is 10.1. The molecule has 0 unspecified atom stereocenters. The van der Waals surface area contributed by atoms with Crippen LogP contribution in [0.3, 0.4) is 0 Å². The average molecular weight is 337 g/mol. The fourth-order valence-electron chi connectivity index (χ4n) is 2.40. The summed E-state index contributed by atoms with van der Waals surface area (Å²) in [5.41, 5.74) is 4.32. The maximum absolute atomic E-state index is 4.73. The number of hydrogen-bond acceptors (Lipinski definition) is 7. The summed E-state index contributed by atoms with van der Waals surface area (Å²) >= 11 is 3.11. The molecule has 1 aromatic carbocycles. The Morgan fingerprint density at radius 3 is 3.00 bits per heavy atom. The normalized spacial score (nSPS) is 11.7. The third-order valence-electron chi connectivity index (χ3n) is 3.33. The van der Waals surface area contributed by atoms with Crippen LogP contribution < -0.4 is 0 Å². The molecule has 0 amide bonds. The monoisotopic (exact) mass is 337 g/mol. The Kier molecular flexibility index (Phi) is 3.72. The maximum Gasteiger partial charge on any atom is 0.178 e. The minimum Gasteiger partial charge on any atom is -0.294 e. The summed E-state index contributed by atoms with van der Waals surface area (Å²) in [7, 11) is 1.74. The van der Waals surface area contributed by atoms with E-state index in [4.69, 9.17) is 4.98 Å². The Hall–Kier alpha value is -2.38. The van der Waals surface area contributed by atoms with Crippen molar-refractivity contribution in [3.63, 3.8) is 0 Å². The first-order valence-electron chi connectivity index (χ1n) is 6.90. The molecule has 0 aliphatic carbocycles. The molecule has 5 nitrogen and oxygen atoms in total. The molecule has 4 aromatic rings. The van der Waals surface area contributed by atoms with E-state index in [0.717, 1.165) is 36.7 Å². The van der Waals surface area contributed by atoms with Crippen molar-refractivity contribution >= 4 is 51.1 Å². The lowest BCUT2D eigenvalue weighted by Crippen LogP contribution is -1.93. The van der Waals surface area contributed by atoms with Gasteiger partial charge in [-0.25, -0.2) is 4.98 Å². The van der Waals surface area contributed by atoms with Crippen LogP contribution >= 0.6 is 23.1 Å². The van der Waals surface area contributed by atoms with Crippen LogP contribution in [0.1, 0.15) is 5.69 Å². The first-order chi connectivity index (χ1) is 11.3. The van der Waals surface area contributed by atoms with Gasteiger partial charge < -0.3 is 0 Å². The zero-order valence-electron chi connectivity index (χ0n) is 12.2. The molecule has 7 heteroatoms. The second-order valence-corrected chi connectivity index (χ2v) is 6.90. The fraction of sp³-hybridized carbons (Fsp3) is 0.0625. The van der Waals surface area contributed by atoms with Crippen LogP contribution in [0.2, 0.25) is 0 Å². The van der Waals surface area contributed by atoms with Crippen LogP contribution in [0.25, 0.3) is 21.8 Å². The molecule has 0 spiro atoms. The van der Waals surface area contributed by atoms with Crippen LogP contribution in [0, 0.1) is 0 Å². The number of aliphatic imine (C=N–C) groups is 1. The minimum atomic E-state index is 0.810. The highest BCUT2D eigenvalue weighted by Crippen LogP contribution is 2.35. The molecule has 3 aromatic heterocycles. The SMILES string of the molecule is C/N=C/c1cc(Sc2nncs2)c2ccc3cccnc3c2n1. The molecule has 0 saturated heterocycles. The Morgan fingerprint density at radius 2 is 2.17 bits per heavy atom. The van der Waals surface area contributed by atoms with Crippen molar-refractivity contribution in [2.45, 2.75) is 9.24 Å². The molecule has 4 rings (SSSR count). The summed E-state index contributed by atoms with van der Waals surface area (Å²) < 4.78 is 0.901. The van der Waals surface area contributed by atoms with E-state index in [-0.39, 0.29) is 0 Å². The van der Waals surface area contributed by atoms with Gasteiger partial charge in [-0.2, -0.15) is 0 Å². The van der Waals surface area contributed by atoms with E-state index in [1.54, 1.807) is 36.7 Å². The van der Waals surface area contributed by atoms with Gasteiger partial charge in [0.2, 0.25) is 0 Å². The molecule has 0 aliphatic heterocycles. The van der Waals surface area contributed by atoms with Gasteiger partial charge in [0.05, 0.1) is 16.7 Å². The molecule has 0 saturated carbocycles. The van der Waals surface area contributed by atoms with Gasteiger partial charge in [-0.15, -0.1) is 10.2 Å². The number of fused-ring (bicyclic) bond motifs is 3. The van der Waals surface area contributed by atoms with Crippen molar-refractivity contribution in [3.05, 3.63) is 47.7 Å². The van der Waals surface area contributed by atoms with Gasteiger partial charge in [0.1, 0.15) is 5.51 Å². The molecule has 0 N–H and O–H groups in total. The number of aromatic nitrogens is 4. The smallest absolute Gasteiger partial charge is 0.178 e. The molecule has 0 radical (unpaired) electrons. The number of hydrogen-bond donors (Lipinski definition) is 0. The molecule has 0 fully saturated rings. The Morgan fingerprint density at radius 1 is 1.22 bits per heavy atom. The van der Waals surface area contributed by atoms with Gasteiger partial charge in [0.15, 0.2) is 4.34 Å². The van der Waals surface area contributed by atoms with Crippen molar-refractivity contribution in [2.24, 2.45) is 4.99 Å². The molecule has 0 bridgehead atoms. The van der Waals surface area contributed by atoms with Crippen molar-refractivity contribution in [1.82, 2.24) is 20.2 Å². The molecule has 112 valence electrons. The van der Waals surface area contributed by atoms with Gasteiger partial charge in [0.25, 0.3) is 0 Å². The highest BCUT2D eigenvalue weighted by molar-refractivity contribution is 8.01. The molecular weight excluding hydrogens is 326 g/mol. The Bertz CT molecular complexity index is 1010. The van der Waals surface area contributed by atoms with E-state index in [1.165, 1.54) is 11.3 Å². The number of pyridine rings is 2. The second-order valence-electron chi connectivity index (χ2n) is 4.78. The molecule has 23 heavy (non-hydrogen) atoms. The van der Waals surface area contributed by atoms with Gasteiger partial charge >= 0.3 is 0 Å². The van der Waals surface area contributed by atoms with Crippen molar-refractivity contribution in [1.29, 1.82) is 0 Å². The van der Waals surface area contributed by atoms with Gasteiger partial charge in [-0.3, -0.25) is 9.98 Å². The molecule has 0 atom stereocenters. The van der Waals surface area contributed by atoms with Gasteiger partial charge in [-0.1, -0.05) is 41.3 Å². The summed E-state index contributed by atoms with van der Waals surface area (Å²) in [5, 5.41) is 10.2. The van der Waals surface area contributed by atoms with E-state index in [0.29, 0.717) is 0 Å². The van der Waals surface area contributed by atoms with Crippen LogP contribution in [-0.2, 0) is 0 Å². The minimum absolute atomic E-state index is 0.810. The second kappa shape index (κ2) is 6.02. The van der Waals surface area contributed by atoms with Gasteiger partial charge in [0, 0.05) is 35.1 Å². The van der Waals surface area contributed by atoms with E-state index in [1.807, 2.05) is 18.2 Å². The summed E-state index contributed by atoms with van der Waals surface area (Å²) in [6.45, 7) is 0. The predicted molar refractivity (Wildman–Crippen MR) is 94.6 cm³/mol.